The second kappa shape index (κ2) is 8.77. The number of furan rings is 2. The second-order valence-corrected chi connectivity index (χ2v) is 7.00. The average Bonchev–Trinajstić information content (AvgIpc) is 3.36. The molecule has 0 unspecified atom stereocenters. The van der Waals surface area contributed by atoms with Crippen LogP contribution in [0.2, 0.25) is 0 Å². The Morgan fingerprint density at radius 2 is 1.93 bits per heavy atom. The average molecular weight is 387 g/mol. The number of hydrogen-bond donors (Lipinski definition) is 1. The molecule has 2 aromatic rings. The predicted octanol–water partition coefficient (Wildman–Crippen LogP) is 1.94. The van der Waals surface area contributed by atoms with E-state index in [1.807, 2.05) is 0 Å². The number of hydrogen-bond acceptors (Lipinski definition) is 5. The van der Waals surface area contributed by atoms with Crippen LogP contribution in [0.4, 0.5) is 0 Å². The van der Waals surface area contributed by atoms with Gasteiger partial charge in [0.15, 0.2) is 0 Å². The van der Waals surface area contributed by atoms with Gasteiger partial charge >= 0.3 is 0 Å². The smallest absolute Gasteiger partial charge is 0.257 e. The van der Waals surface area contributed by atoms with Crippen molar-refractivity contribution in [2.75, 3.05) is 19.6 Å². The molecule has 2 aromatic heterocycles. The van der Waals surface area contributed by atoms with Crippen molar-refractivity contribution in [3.8, 4) is 0 Å². The summed E-state index contributed by atoms with van der Waals surface area (Å²) in [5.41, 5.74) is 5.81. The largest absolute Gasteiger partial charge is 0.469 e. The van der Waals surface area contributed by atoms with Crippen molar-refractivity contribution in [1.29, 1.82) is 0 Å². The van der Waals surface area contributed by atoms with Gasteiger partial charge in [-0.3, -0.25) is 14.4 Å². The first kappa shape index (κ1) is 19.7. The van der Waals surface area contributed by atoms with E-state index in [1.165, 1.54) is 6.26 Å². The lowest BCUT2D eigenvalue weighted by Gasteiger charge is -2.31. The molecule has 1 fully saturated rings. The van der Waals surface area contributed by atoms with E-state index < -0.39 is 0 Å². The molecule has 1 aliphatic rings. The Bertz CT molecular complexity index is 819. The van der Waals surface area contributed by atoms with Gasteiger partial charge < -0.3 is 24.4 Å². The third-order valence-electron chi connectivity index (χ3n) is 5.15. The van der Waals surface area contributed by atoms with Crippen molar-refractivity contribution >= 4 is 17.7 Å². The molecule has 3 amide bonds. The molecule has 1 aliphatic heterocycles. The van der Waals surface area contributed by atoms with E-state index in [0.717, 1.165) is 0 Å². The van der Waals surface area contributed by atoms with Crippen molar-refractivity contribution in [2.45, 2.75) is 32.7 Å². The molecule has 0 aromatic carbocycles. The highest BCUT2D eigenvalue weighted by Crippen LogP contribution is 2.19. The molecular weight excluding hydrogens is 362 g/mol. The lowest BCUT2D eigenvalue weighted by Crippen LogP contribution is -2.43. The van der Waals surface area contributed by atoms with Crippen LogP contribution in [0, 0.1) is 12.8 Å². The molecule has 0 atom stereocenters. The first-order chi connectivity index (χ1) is 13.5. The van der Waals surface area contributed by atoms with Crippen LogP contribution >= 0.6 is 0 Å². The fraction of sp³-hybridized carbons (Fsp3) is 0.450. The van der Waals surface area contributed by atoms with Gasteiger partial charge in [0.25, 0.3) is 5.91 Å². The molecular formula is C20H25N3O5. The van der Waals surface area contributed by atoms with Crippen molar-refractivity contribution in [2.24, 2.45) is 11.7 Å². The molecule has 28 heavy (non-hydrogen) atoms. The maximum atomic E-state index is 12.9. The topological polar surface area (TPSA) is 110 Å². The van der Waals surface area contributed by atoms with Crippen LogP contribution in [0.15, 0.2) is 39.6 Å². The SMILES string of the molecule is Cc1occc1C(=O)N(CCC(=O)N1CCC(C(N)=O)CC1)Cc1ccco1. The Balaban J connectivity index is 1.61. The Labute approximate surface area is 163 Å². The number of carbonyl (C=O) groups is 3. The molecule has 8 nitrogen and oxygen atoms in total. The van der Waals surface area contributed by atoms with Crippen LogP contribution in [-0.2, 0) is 16.1 Å². The van der Waals surface area contributed by atoms with Crippen LogP contribution in [0.1, 0.15) is 41.1 Å². The lowest BCUT2D eigenvalue weighted by molar-refractivity contribution is -0.135. The highest BCUT2D eigenvalue weighted by Gasteiger charge is 2.27. The van der Waals surface area contributed by atoms with Crippen LogP contribution in [0.25, 0.3) is 0 Å². The summed E-state index contributed by atoms with van der Waals surface area (Å²) >= 11 is 0. The summed E-state index contributed by atoms with van der Waals surface area (Å²) in [7, 11) is 0. The van der Waals surface area contributed by atoms with Gasteiger partial charge in [-0.2, -0.15) is 0 Å². The number of piperidine rings is 1. The van der Waals surface area contributed by atoms with Gasteiger partial charge in [0, 0.05) is 32.0 Å². The number of amides is 3. The molecule has 2 N–H and O–H groups in total. The lowest BCUT2D eigenvalue weighted by atomic mass is 9.96. The Kier molecular flexibility index (Phi) is 6.18. The van der Waals surface area contributed by atoms with E-state index in [-0.39, 0.29) is 43.1 Å². The normalized spacial score (nSPS) is 14.8. The zero-order valence-electron chi connectivity index (χ0n) is 15.9. The Morgan fingerprint density at radius 1 is 1.18 bits per heavy atom. The van der Waals surface area contributed by atoms with Gasteiger partial charge in [0.05, 0.1) is 24.6 Å². The van der Waals surface area contributed by atoms with Gasteiger partial charge in [0.2, 0.25) is 11.8 Å². The Hall–Kier alpha value is -3.03. The monoisotopic (exact) mass is 387 g/mol. The third kappa shape index (κ3) is 4.62. The number of aryl methyl sites for hydroxylation is 1. The van der Waals surface area contributed by atoms with E-state index in [4.69, 9.17) is 14.6 Å². The predicted molar refractivity (Wildman–Crippen MR) is 100 cm³/mol. The number of primary amides is 1. The molecule has 3 heterocycles. The fourth-order valence-electron chi connectivity index (χ4n) is 3.42. The third-order valence-corrected chi connectivity index (χ3v) is 5.15. The molecule has 1 saturated heterocycles. The molecule has 3 rings (SSSR count). The summed E-state index contributed by atoms with van der Waals surface area (Å²) in [5.74, 6) is 0.466. The van der Waals surface area contributed by atoms with Crippen molar-refractivity contribution in [1.82, 2.24) is 9.80 Å². The summed E-state index contributed by atoms with van der Waals surface area (Å²) in [6, 6.07) is 5.18. The molecule has 8 heteroatoms. The quantitative estimate of drug-likeness (QED) is 0.781. The van der Waals surface area contributed by atoms with E-state index in [0.29, 0.717) is 43.0 Å². The van der Waals surface area contributed by atoms with E-state index in [9.17, 15) is 14.4 Å². The molecule has 150 valence electrons. The number of nitrogens with zero attached hydrogens (tertiary/aromatic N) is 2. The first-order valence-electron chi connectivity index (χ1n) is 9.38. The molecule has 0 saturated carbocycles. The van der Waals surface area contributed by atoms with Crippen LogP contribution in [0.3, 0.4) is 0 Å². The van der Waals surface area contributed by atoms with Gasteiger partial charge in [-0.25, -0.2) is 0 Å². The summed E-state index contributed by atoms with van der Waals surface area (Å²) in [5, 5.41) is 0. The summed E-state index contributed by atoms with van der Waals surface area (Å²) in [4.78, 5) is 40.1. The van der Waals surface area contributed by atoms with E-state index >= 15 is 0 Å². The van der Waals surface area contributed by atoms with Gasteiger partial charge in [0.1, 0.15) is 11.5 Å². The summed E-state index contributed by atoms with van der Waals surface area (Å²) in [6.07, 6.45) is 4.40. The first-order valence-corrected chi connectivity index (χ1v) is 9.38. The van der Waals surface area contributed by atoms with Crippen molar-refractivity contribution < 1.29 is 23.2 Å². The van der Waals surface area contributed by atoms with Gasteiger partial charge in [-0.15, -0.1) is 0 Å². The molecule has 0 aliphatic carbocycles. The number of likely N-dealkylation sites (tertiary alicyclic amines) is 1. The highest BCUT2D eigenvalue weighted by atomic mass is 16.3. The second-order valence-electron chi connectivity index (χ2n) is 7.00. The van der Waals surface area contributed by atoms with Crippen LogP contribution in [-0.4, -0.2) is 47.2 Å². The molecule has 0 radical (unpaired) electrons. The van der Waals surface area contributed by atoms with E-state index in [1.54, 1.807) is 41.2 Å². The number of rotatable bonds is 7. The maximum Gasteiger partial charge on any atom is 0.257 e. The van der Waals surface area contributed by atoms with Gasteiger partial charge in [-0.1, -0.05) is 0 Å². The van der Waals surface area contributed by atoms with Crippen LogP contribution in [0.5, 0.6) is 0 Å². The minimum absolute atomic E-state index is 0.0379. The maximum absolute atomic E-state index is 12.9. The number of carbonyl (C=O) groups excluding carboxylic acids is 3. The van der Waals surface area contributed by atoms with E-state index in [2.05, 4.69) is 0 Å². The summed E-state index contributed by atoms with van der Waals surface area (Å²) < 4.78 is 10.6. The standard InChI is InChI=1S/C20H25N3O5/c1-14-17(7-12-27-14)20(26)23(13-16-3-2-11-28-16)10-6-18(24)22-8-4-15(5-9-22)19(21)25/h2-3,7,11-12,15H,4-6,8-10,13H2,1H3,(H2,21,25). The minimum atomic E-state index is -0.308. The highest BCUT2D eigenvalue weighted by molar-refractivity contribution is 5.95. The number of nitrogens with two attached hydrogens (primary N) is 1. The fourth-order valence-corrected chi connectivity index (χ4v) is 3.42. The van der Waals surface area contributed by atoms with Crippen LogP contribution < -0.4 is 5.73 Å². The van der Waals surface area contributed by atoms with Crippen molar-refractivity contribution in [3.05, 3.63) is 47.8 Å². The summed E-state index contributed by atoms with van der Waals surface area (Å²) in [6.45, 7) is 3.29. The van der Waals surface area contributed by atoms with Crippen molar-refractivity contribution in [3.63, 3.8) is 0 Å². The molecule has 0 spiro atoms. The Morgan fingerprint density at radius 3 is 2.50 bits per heavy atom. The van der Waals surface area contributed by atoms with Gasteiger partial charge in [-0.05, 0) is 38.0 Å². The molecule has 0 bridgehead atoms. The minimum Gasteiger partial charge on any atom is -0.469 e. The zero-order valence-corrected chi connectivity index (χ0v) is 15.9. The zero-order chi connectivity index (χ0) is 20.1.